The zero-order valence-corrected chi connectivity index (χ0v) is 9.43. The molecule has 0 saturated heterocycles. The highest BCUT2D eigenvalue weighted by Crippen LogP contribution is 2.18. The van der Waals surface area contributed by atoms with Crippen LogP contribution in [0, 0.1) is 0 Å². The lowest BCUT2D eigenvalue weighted by atomic mass is 10.0. The molecule has 2 rings (SSSR count). The fourth-order valence-corrected chi connectivity index (χ4v) is 1.65. The van der Waals surface area contributed by atoms with Crippen LogP contribution in [0.25, 0.3) is 0 Å². The predicted octanol–water partition coefficient (Wildman–Crippen LogP) is 3.01. The number of nitrogens with zero attached hydrogens (tertiary/aromatic N) is 1. The SMILES string of the molecule is OC(Cc1ccccc1)c1ccc(Cl)nc1. The minimum atomic E-state index is -0.535. The molecule has 0 radical (unpaired) electrons. The second-order valence-corrected chi connectivity index (χ2v) is 4.01. The Balaban J connectivity index is 2.09. The second kappa shape index (κ2) is 5.10. The summed E-state index contributed by atoms with van der Waals surface area (Å²) in [6, 6.07) is 13.3. The van der Waals surface area contributed by atoms with Crippen LogP contribution >= 0.6 is 11.6 Å². The summed E-state index contributed by atoms with van der Waals surface area (Å²) in [5, 5.41) is 10.4. The van der Waals surface area contributed by atoms with Crippen molar-refractivity contribution in [2.45, 2.75) is 12.5 Å². The molecule has 0 fully saturated rings. The first-order chi connectivity index (χ1) is 7.75. The van der Waals surface area contributed by atoms with Crippen molar-refractivity contribution >= 4 is 11.6 Å². The zero-order valence-electron chi connectivity index (χ0n) is 8.68. The molecule has 0 aliphatic carbocycles. The van der Waals surface area contributed by atoms with E-state index in [1.54, 1.807) is 18.3 Å². The third-order valence-corrected chi connectivity index (χ3v) is 2.63. The van der Waals surface area contributed by atoms with Crippen LogP contribution in [0.4, 0.5) is 0 Å². The third-order valence-electron chi connectivity index (χ3n) is 2.41. The van der Waals surface area contributed by atoms with Crippen LogP contribution < -0.4 is 0 Å². The quantitative estimate of drug-likeness (QED) is 0.827. The van der Waals surface area contributed by atoms with Gasteiger partial charge in [-0.15, -0.1) is 0 Å². The van der Waals surface area contributed by atoms with E-state index in [-0.39, 0.29) is 0 Å². The van der Waals surface area contributed by atoms with Gasteiger partial charge in [-0.05, 0) is 17.2 Å². The Labute approximate surface area is 99.5 Å². The summed E-state index contributed by atoms with van der Waals surface area (Å²) in [5.74, 6) is 0. The van der Waals surface area contributed by atoms with Crippen LogP contribution in [-0.4, -0.2) is 10.1 Å². The Kier molecular flexibility index (Phi) is 3.54. The van der Waals surface area contributed by atoms with Gasteiger partial charge in [0.15, 0.2) is 0 Å². The lowest BCUT2D eigenvalue weighted by Gasteiger charge is -2.10. The van der Waals surface area contributed by atoms with Crippen molar-refractivity contribution in [2.75, 3.05) is 0 Å². The maximum Gasteiger partial charge on any atom is 0.129 e. The number of aliphatic hydroxyl groups is 1. The maximum absolute atomic E-state index is 9.98. The molecule has 1 aromatic carbocycles. The number of pyridine rings is 1. The van der Waals surface area contributed by atoms with Crippen molar-refractivity contribution in [1.29, 1.82) is 0 Å². The van der Waals surface area contributed by atoms with Gasteiger partial charge in [0.05, 0.1) is 6.10 Å². The van der Waals surface area contributed by atoms with Gasteiger partial charge in [-0.1, -0.05) is 48.0 Å². The Bertz CT molecular complexity index is 441. The zero-order chi connectivity index (χ0) is 11.4. The van der Waals surface area contributed by atoms with Gasteiger partial charge in [0.25, 0.3) is 0 Å². The predicted molar refractivity (Wildman–Crippen MR) is 64.4 cm³/mol. The molecule has 82 valence electrons. The van der Waals surface area contributed by atoms with E-state index in [4.69, 9.17) is 11.6 Å². The average molecular weight is 234 g/mol. The van der Waals surface area contributed by atoms with Crippen molar-refractivity contribution < 1.29 is 5.11 Å². The lowest BCUT2D eigenvalue weighted by Crippen LogP contribution is -2.02. The summed E-state index contributed by atoms with van der Waals surface area (Å²) in [6.07, 6.45) is 1.66. The van der Waals surface area contributed by atoms with Crippen LogP contribution in [0.2, 0.25) is 5.15 Å². The molecule has 1 N–H and O–H groups in total. The van der Waals surface area contributed by atoms with Crippen molar-refractivity contribution in [2.24, 2.45) is 0 Å². The number of aliphatic hydroxyl groups excluding tert-OH is 1. The van der Waals surface area contributed by atoms with Gasteiger partial charge in [-0.2, -0.15) is 0 Å². The van der Waals surface area contributed by atoms with Crippen molar-refractivity contribution in [3.8, 4) is 0 Å². The summed E-state index contributed by atoms with van der Waals surface area (Å²) < 4.78 is 0. The number of benzene rings is 1. The van der Waals surface area contributed by atoms with Gasteiger partial charge >= 0.3 is 0 Å². The molecule has 0 bridgehead atoms. The first-order valence-corrected chi connectivity index (χ1v) is 5.47. The van der Waals surface area contributed by atoms with Crippen LogP contribution in [0.3, 0.4) is 0 Å². The van der Waals surface area contributed by atoms with Gasteiger partial charge in [0, 0.05) is 12.6 Å². The topological polar surface area (TPSA) is 33.1 Å². The molecular formula is C13H12ClNO. The van der Waals surface area contributed by atoms with Gasteiger partial charge in [-0.25, -0.2) is 4.98 Å². The fraction of sp³-hybridized carbons (Fsp3) is 0.154. The molecular weight excluding hydrogens is 222 g/mol. The summed E-state index contributed by atoms with van der Waals surface area (Å²) in [7, 11) is 0. The molecule has 1 heterocycles. The number of halogens is 1. The van der Waals surface area contributed by atoms with E-state index in [0.29, 0.717) is 11.6 Å². The first-order valence-electron chi connectivity index (χ1n) is 5.09. The van der Waals surface area contributed by atoms with E-state index >= 15 is 0 Å². The normalized spacial score (nSPS) is 12.4. The number of aromatic nitrogens is 1. The molecule has 0 saturated carbocycles. The average Bonchev–Trinajstić information content (AvgIpc) is 2.31. The molecule has 1 atom stereocenters. The molecule has 3 heteroatoms. The Morgan fingerprint density at radius 2 is 1.88 bits per heavy atom. The van der Waals surface area contributed by atoms with Gasteiger partial charge < -0.3 is 5.11 Å². The minimum absolute atomic E-state index is 0.440. The molecule has 1 aromatic heterocycles. The molecule has 0 spiro atoms. The highest BCUT2D eigenvalue weighted by Gasteiger charge is 2.08. The van der Waals surface area contributed by atoms with Gasteiger partial charge in [0.2, 0.25) is 0 Å². The van der Waals surface area contributed by atoms with E-state index in [1.165, 1.54) is 0 Å². The van der Waals surface area contributed by atoms with E-state index in [0.717, 1.165) is 11.1 Å². The monoisotopic (exact) mass is 233 g/mol. The summed E-state index contributed by atoms with van der Waals surface area (Å²) in [4.78, 5) is 3.95. The van der Waals surface area contributed by atoms with E-state index in [1.807, 2.05) is 30.3 Å². The number of hydrogen-bond acceptors (Lipinski definition) is 2. The second-order valence-electron chi connectivity index (χ2n) is 3.62. The highest BCUT2D eigenvalue weighted by atomic mass is 35.5. The first kappa shape index (κ1) is 11.1. The van der Waals surface area contributed by atoms with Crippen LogP contribution in [0.15, 0.2) is 48.7 Å². The molecule has 0 aliphatic heterocycles. The summed E-state index contributed by atoms with van der Waals surface area (Å²) in [5.41, 5.74) is 1.89. The van der Waals surface area contributed by atoms with Crippen molar-refractivity contribution in [3.63, 3.8) is 0 Å². The molecule has 1 unspecified atom stereocenters. The van der Waals surface area contributed by atoms with Gasteiger partial charge in [-0.3, -0.25) is 0 Å². The van der Waals surface area contributed by atoms with E-state index < -0.39 is 6.10 Å². The fourth-order valence-electron chi connectivity index (χ4n) is 1.54. The smallest absolute Gasteiger partial charge is 0.129 e. The van der Waals surface area contributed by atoms with E-state index in [2.05, 4.69) is 4.98 Å². The number of rotatable bonds is 3. The third kappa shape index (κ3) is 2.81. The lowest BCUT2D eigenvalue weighted by molar-refractivity contribution is 0.178. The van der Waals surface area contributed by atoms with E-state index in [9.17, 15) is 5.11 Å². The molecule has 2 aromatic rings. The largest absolute Gasteiger partial charge is 0.388 e. The summed E-state index contributed by atoms with van der Waals surface area (Å²) in [6.45, 7) is 0. The van der Waals surface area contributed by atoms with Crippen LogP contribution in [-0.2, 0) is 6.42 Å². The van der Waals surface area contributed by atoms with Crippen molar-refractivity contribution in [1.82, 2.24) is 4.98 Å². The summed E-state index contributed by atoms with van der Waals surface area (Å²) >= 11 is 5.68. The highest BCUT2D eigenvalue weighted by molar-refractivity contribution is 6.29. The molecule has 0 aliphatic rings. The Hall–Kier alpha value is -1.38. The number of hydrogen-bond donors (Lipinski definition) is 1. The molecule has 0 amide bonds. The van der Waals surface area contributed by atoms with Crippen molar-refractivity contribution in [3.05, 3.63) is 64.9 Å². The standard InChI is InChI=1S/C13H12ClNO/c14-13-7-6-11(9-15-13)12(16)8-10-4-2-1-3-5-10/h1-7,9,12,16H,8H2. The Morgan fingerprint density at radius 3 is 2.50 bits per heavy atom. The molecule has 16 heavy (non-hydrogen) atoms. The van der Waals surface area contributed by atoms with Gasteiger partial charge in [0.1, 0.15) is 5.15 Å². The minimum Gasteiger partial charge on any atom is -0.388 e. The molecule has 2 nitrogen and oxygen atoms in total. The van der Waals surface area contributed by atoms with Crippen LogP contribution in [0.5, 0.6) is 0 Å². The maximum atomic E-state index is 9.98. The Morgan fingerprint density at radius 1 is 1.12 bits per heavy atom. The van der Waals surface area contributed by atoms with Crippen LogP contribution in [0.1, 0.15) is 17.2 Å².